The molecule has 0 aromatic carbocycles. The molecule has 1 amide bonds. The van der Waals surface area contributed by atoms with Gasteiger partial charge in [0.05, 0.1) is 12.6 Å². The van der Waals surface area contributed by atoms with Crippen molar-refractivity contribution in [3.63, 3.8) is 0 Å². The van der Waals surface area contributed by atoms with Crippen molar-refractivity contribution < 1.29 is 4.79 Å². The van der Waals surface area contributed by atoms with Crippen molar-refractivity contribution in [3.8, 4) is 0 Å². The molecular weight excluding hydrogens is 234 g/mol. The zero-order chi connectivity index (χ0) is 12.1. The van der Waals surface area contributed by atoms with Gasteiger partial charge in [-0.05, 0) is 32.4 Å². The lowest BCUT2D eigenvalue weighted by atomic mass is 10.2. The Hall–Kier alpha value is -0.940. The number of nitrogens with one attached hydrogen (secondary N) is 1. The van der Waals surface area contributed by atoms with Gasteiger partial charge in [0.1, 0.15) is 5.01 Å². The van der Waals surface area contributed by atoms with Gasteiger partial charge in [0.15, 0.2) is 0 Å². The summed E-state index contributed by atoms with van der Waals surface area (Å²) < 4.78 is 0. The Morgan fingerprint density at radius 3 is 2.94 bits per heavy atom. The molecule has 0 radical (unpaired) electrons. The highest BCUT2D eigenvalue weighted by molar-refractivity contribution is 7.09. The Morgan fingerprint density at radius 2 is 2.35 bits per heavy atom. The Kier molecular flexibility index (Phi) is 4.50. The van der Waals surface area contributed by atoms with Gasteiger partial charge in [0.2, 0.25) is 5.91 Å². The molecular formula is C12H19N3OS. The lowest BCUT2D eigenvalue weighted by Crippen LogP contribution is -2.37. The first kappa shape index (κ1) is 12.5. The number of rotatable bonds is 5. The summed E-state index contributed by atoms with van der Waals surface area (Å²) in [7, 11) is 0. The van der Waals surface area contributed by atoms with Crippen molar-refractivity contribution in [2.75, 3.05) is 19.6 Å². The van der Waals surface area contributed by atoms with Crippen LogP contribution in [0.1, 0.15) is 37.2 Å². The Morgan fingerprint density at radius 1 is 1.59 bits per heavy atom. The van der Waals surface area contributed by atoms with Crippen molar-refractivity contribution in [2.24, 2.45) is 0 Å². The molecule has 2 heterocycles. The zero-order valence-corrected chi connectivity index (χ0v) is 11.0. The standard InChI is InChI=1S/C12H19N3OS/c1-2-10(12-13-5-8-17-12)14-11(16)9-15-6-3-4-7-15/h5,8,10H,2-4,6-7,9H2,1H3,(H,14,16). The third-order valence-electron chi connectivity index (χ3n) is 3.06. The minimum atomic E-state index is 0.0742. The molecule has 17 heavy (non-hydrogen) atoms. The average molecular weight is 253 g/mol. The van der Waals surface area contributed by atoms with Gasteiger partial charge in [-0.15, -0.1) is 11.3 Å². The molecule has 1 unspecified atom stereocenters. The predicted octanol–water partition coefficient (Wildman–Crippen LogP) is 1.81. The number of carbonyl (C=O) groups is 1. The topological polar surface area (TPSA) is 45.2 Å². The SMILES string of the molecule is CCC(NC(=O)CN1CCCC1)c1nccs1. The van der Waals surface area contributed by atoms with E-state index in [1.165, 1.54) is 12.8 Å². The largest absolute Gasteiger partial charge is 0.346 e. The van der Waals surface area contributed by atoms with Gasteiger partial charge < -0.3 is 5.32 Å². The van der Waals surface area contributed by atoms with Crippen molar-refractivity contribution in [1.82, 2.24) is 15.2 Å². The molecule has 1 aromatic heterocycles. The molecule has 94 valence electrons. The van der Waals surface area contributed by atoms with Crippen LogP contribution in [0.5, 0.6) is 0 Å². The summed E-state index contributed by atoms with van der Waals surface area (Å²) in [5.41, 5.74) is 0. The predicted molar refractivity (Wildman–Crippen MR) is 69.0 cm³/mol. The van der Waals surface area contributed by atoms with Crippen molar-refractivity contribution in [3.05, 3.63) is 16.6 Å². The van der Waals surface area contributed by atoms with Gasteiger partial charge in [0.25, 0.3) is 0 Å². The van der Waals surface area contributed by atoms with Gasteiger partial charge in [-0.3, -0.25) is 9.69 Å². The summed E-state index contributed by atoms with van der Waals surface area (Å²) in [5.74, 6) is 0.119. The van der Waals surface area contributed by atoms with Crippen LogP contribution in [0.2, 0.25) is 0 Å². The highest BCUT2D eigenvalue weighted by Crippen LogP contribution is 2.18. The second-order valence-corrected chi connectivity index (χ2v) is 5.31. The van der Waals surface area contributed by atoms with Crippen molar-refractivity contribution in [2.45, 2.75) is 32.2 Å². The zero-order valence-electron chi connectivity index (χ0n) is 10.2. The summed E-state index contributed by atoms with van der Waals surface area (Å²) in [4.78, 5) is 18.4. The number of likely N-dealkylation sites (tertiary alicyclic amines) is 1. The number of hydrogen-bond donors (Lipinski definition) is 1. The van der Waals surface area contributed by atoms with Gasteiger partial charge in [0, 0.05) is 11.6 Å². The smallest absolute Gasteiger partial charge is 0.234 e. The molecule has 1 atom stereocenters. The van der Waals surface area contributed by atoms with Crippen LogP contribution in [-0.2, 0) is 4.79 Å². The first-order valence-corrected chi connectivity index (χ1v) is 7.08. The van der Waals surface area contributed by atoms with Crippen LogP contribution in [-0.4, -0.2) is 35.4 Å². The van der Waals surface area contributed by atoms with E-state index in [0.717, 1.165) is 24.5 Å². The molecule has 0 spiro atoms. The number of carbonyl (C=O) groups excluding carboxylic acids is 1. The molecule has 4 nitrogen and oxygen atoms in total. The molecule has 0 bridgehead atoms. The second kappa shape index (κ2) is 6.12. The van der Waals surface area contributed by atoms with Crippen LogP contribution in [0.25, 0.3) is 0 Å². The molecule has 0 saturated carbocycles. The fourth-order valence-corrected chi connectivity index (χ4v) is 2.90. The highest BCUT2D eigenvalue weighted by Gasteiger charge is 2.18. The first-order chi connectivity index (χ1) is 8.29. The molecule has 0 aliphatic carbocycles. The monoisotopic (exact) mass is 253 g/mol. The minimum Gasteiger partial charge on any atom is -0.346 e. The summed E-state index contributed by atoms with van der Waals surface area (Å²) in [6.45, 7) is 4.72. The van der Waals surface area contributed by atoms with E-state index in [2.05, 4.69) is 22.1 Å². The summed E-state index contributed by atoms with van der Waals surface area (Å²) >= 11 is 1.60. The average Bonchev–Trinajstić information content (AvgIpc) is 2.97. The number of aromatic nitrogens is 1. The molecule has 1 aliphatic rings. The normalized spacial score (nSPS) is 18.2. The van der Waals surface area contributed by atoms with Crippen LogP contribution in [0.3, 0.4) is 0 Å². The summed E-state index contributed by atoms with van der Waals surface area (Å²) in [6, 6.07) is 0.0742. The fourth-order valence-electron chi connectivity index (χ4n) is 2.13. The van der Waals surface area contributed by atoms with E-state index >= 15 is 0 Å². The maximum absolute atomic E-state index is 11.9. The summed E-state index contributed by atoms with van der Waals surface area (Å²) in [6.07, 6.45) is 5.11. The number of hydrogen-bond acceptors (Lipinski definition) is 4. The van der Waals surface area contributed by atoms with Gasteiger partial charge >= 0.3 is 0 Å². The maximum Gasteiger partial charge on any atom is 0.234 e. The van der Waals surface area contributed by atoms with E-state index in [0.29, 0.717) is 6.54 Å². The van der Waals surface area contributed by atoms with Crippen LogP contribution < -0.4 is 5.32 Å². The van der Waals surface area contributed by atoms with Gasteiger partial charge in [-0.1, -0.05) is 6.92 Å². The molecule has 2 rings (SSSR count). The number of amides is 1. The van der Waals surface area contributed by atoms with Crippen LogP contribution in [0.4, 0.5) is 0 Å². The quantitative estimate of drug-likeness (QED) is 0.870. The lowest BCUT2D eigenvalue weighted by Gasteiger charge is -2.18. The summed E-state index contributed by atoms with van der Waals surface area (Å²) in [5, 5.41) is 6.01. The molecule has 1 fully saturated rings. The number of thiazole rings is 1. The molecule has 1 aliphatic heterocycles. The Balaban J connectivity index is 1.83. The van der Waals surface area contributed by atoms with E-state index in [-0.39, 0.29) is 11.9 Å². The molecule has 1 aromatic rings. The van der Waals surface area contributed by atoms with Crippen LogP contribution >= 0.6 is 11.3 Å². The van der Waals surface area contributed by atoms with Gasteiger partial charge in [-0.25, -0.2) is 4.98 Å². The van der Waals surface area contributed by atoms with E-state index < -0.39 is 0 Å². The van der Waals surface area contributed by atoms with Crippen LogP contribution in [0, 0.1) is 0 Å². The first-order valence-electron chi connectivity index (χ1n) is 6.20. The third-order valence-corrected chi connectivity index (χ3v) is 3.95. The van der Waals surface area contributed by atoms with E-state index in [1.54, 1.807) is 17.5 Å². The van der Waals surface area contributed by atoms with E-state index in [1.807, 2.05) is 5.38 Å². The third kappa shape index (κ3) is 3.51. The van der Waals surface area contributed by atoms with Gasteiger partial charge in [-0.2, -0.15) is 0 Å². The fraction of sp³-hybridized carbons (Fsp3) is 0.667. The highest BCUT2D eigenvalue weighted by atomic mass is 32.1. The molecule has 5 heteroatoms. The number of nitrogens with zero attached hydrogens (tertiary/aromatic N) is 2. The van der Waals surface area contributed by atoms with Crippen molar-refractivity contribution in [1.29, 1.82) is 0 Å². The lowest BCUT2D eigenvalue weighted by molar-refractivity contribution is -0.122. The Labute approximate surface area is 106 Å². The molecule has 1 N–H and O–H groups in total. The maximum atomic E-state index is 11.9. The molecule has 1 saturated heterocycles. The van der Waals surface area contributed by atoms with Crippen LogP contribution in [0.15, 0.2) is 11.6 Å². The van der Waals surface area contributed by atoms with E-state index in [4.69, 9.17) is 0 Å². The van der Waals surface area contributed by atoms with Crippen molar-refractivity contribution >= 4 is 17.2 Å². The van der Waals surface area contributed by atoms with E-state index in [9.17, 15) is 4.79 Å². The minimum absolute atomic E-state index is 0.0742. The second-order valence-electron chi connectivity index (χ2n) is 4.38. The Bertz CT molecular complexity index is 347.